The van der Waals surface area contributed by atoms with Gasteiger partial charge in [0.2, 0.25) is 35.4 Å². The zero-order valence-electron chi connectivity index (χ0n) is 47.0. The number of benzene rings is 2. The first kappa shape index (κ1) is 58.4. The van der Waals surface area contributed by atoms with Crippen LogP contribution < -0.4 is 21.3 Å². The van der Waals surface area contributed by atoms with Crippen LogP contribution in [0.2, 0.25) is 0 Å². The van der Waals surface area contributed by atoms with Crippen molar-refractivity contribution in [2.75, 3.05) is 46.8 Å². The topological polar surface area (TPSA) is 163 Å². The molecule has 0 radical (unpaired) electrons. The summed E-state index contributed by atoms with van der Waals surface area (Å²) in [5, 5.41) is 12.1. The van der Waals surface area contributed by atoms with Crippen molar-refractivity contribution < 1.29 is 28.8 Å². The van der Waals surface area contributed by atoms with Gasteiger partial charge in [-0.15, -0.1) is 0 Å². The molecule has 2 saturated heterocycles. The van der Waals surface area contributed by atoms with Gasteiger partial charge in [0.05, 0.1) is 12.1 Å². The quantitative estimate of drug-likeness (QED) is 0.0774. The minimum atomic E-state index is -0.689. The van der Waals surface area contributed by atoms with E-state index in [9.17, 15) is 28.8 Å². The lowest BCUT2D eigenvalue weighted by atomic mass is 9.85. The summed E-state index contributed by atoms with van der Waals surface area (Å²) in [6.45, 7) is 18.4. The average Bonchev–Trinajstić information content (AvgIpc) is 4.21. The highest BCUT2D eigenvalue weighted by Crippen LogP contribution is 2.33. The number of hydrogen-bond acceptors (Lipinski definition) is 8. The zero-order chi connectivity index (χ0) is 53.7. The Morgan fingerprint density at radius 2 is 0.986 bits per heavy atom. The van der Waals surface area contributed by atoms with Gasteiger partial charge in [0, 0.05) is 63.7 Å². The first-order valence-electron chi connectivity index (χ1n) is 28.5. The van der Waals surface area contributed by atoms with Gasteiger partial charge >= 0.3 is 0 Å². The number of nitrogens with zero attached hydrogens (tertiary/aromatic N) is 4. The van der Waals surface area contributed by atoms with Crippen molar-refractivity contribution in [3.63, 3.8) is 0 Å². The van der Waals surface area contributed by atoms with Gasteiger partial charge in [-0.3, -0.25) is 28.8 Å². The molecule has 0 bridgehead atoms. The largest absolute Gasteiger partial charge is 0.342 e. The number of carbonyl (C=O) groups is 6. The van der Waals surface area contributed by atoms with Gasteiger partial charge in [0.15, 0.2) is 0 Å². The van der Waals surface area contributed by atoms with Crippen molar-refractivity contribution >= 4 is 35.4 Å². The number of nitrogens with one attached hydrogen (secondary N) is 4. The molecule has 6 atom stereocenters. The highest BCUT2D eigenvalue weighted by atomic mass is 16.2. The molecule has 0 aromatic heterocycles. The van der Waals surface area contributed by atoms with E-state index in [2.05, 4.69) is 74.7 Å². The van der Waals surface area contributed by atoms with Crippen LogP contribution in [0, 0.1) is 16.7 Å². The second-order valence-corrected chi connectivity index (χ2v) is 24.5. The molecule has 2 aromatic carbocycles. The fourth-order valence-electron chi connectivity index (χ4n) is 11.8. The van der Waals surface area contributed by atoms with E-state index in [-0.39, 0.29) is 53.6 Å². The van der Waals surface area contributed by atoms with Crippen molar-refractivity contribution in [2.24, 2.45) is 16.7 Å². The van der Waals surface area contributed by atoms with E-state index in [1.807, 2.05) is 56.2 Å². The molecule has 14 nitrogen and oxygen atoms in total. The first-order chi connectivity index (χ1) is 35.2. The Kier molecular flexibility index (Phi) is 21.2. The third-order valence-corrected chi connectivity index (χ3v) is 16.7. The highest BCUT2D eigenvalue weighted by molar-refractivity contribution is 5.91. The number of amides is 6. The highest BCUT2D eigenvalue weighted by Gasteiger charge is 2.43. The number of unbranched alkanes of at least 4 members (excludes halogenated alkanes) is 5. The molecule has 410 valence electrons. The lowest BCUT2D eigenvalue weighted by Gasteiger charge is -2.39. The Bertz CT molecular complexity index is 2170. The Balaban J connectivity index is 1.02. The van der Waals surface area contributed by atoms with Gasteiger partial charge < -0.3 is 40.9 Å². The summed E-state index contributed by atoms with van der Waals surface area (Å²) in [7, 11) is 3.47. The van der Waals surface area contributed by atoms with Crippen molar-refractivity contribution in [1.82, 2.24) is 40.9 Å². The zero-order valence-corrected chi connectivity index (χ0v) is 47.0. The smallest absolute Gasteiger partial charge is 0.246 e. The monoisotopic (exact) mass is 1020 g/mol. The second kappa shape index (κ2) is 26.8. The molecular weight excluding hydrogens is 929 g/mol. The molecule has 2 fully saturated rings. The van der Waals surface area contributed by atoms with Crippen LogP contribution in [0.3, 0.4) is 0 Å². The Labute approximate surface area is 444 Å². The third-order valence-electron chi connectivity index (χ3n) is 16.7. The molecular formula is C60H94N8O6. The maximum absolute atomic E-state index is 14.4. The van der Waals surface area contributed by atoms with Crippen LogP contribution in [-0.4, -0.2) is 144 Å². The fourth-order valence-corrected chi connectivity index (χ4v) is 11.8. The van der Waals surface area contributed by atoms with Crippen LogP contribution in [0.25, 0.3) is 0 Å². The molecule has 4 aliphatic rings. The van der Waals surface area contributed by atoms with Crippen molar-refractivity contribution in [3.05, 3.63) is 70.8 Å². The van der Waals surface area contributed by atoms with Crippen molar-refractivity contribution in [2.45, 2.75) is 207 Å². The minimum Gasteiger partial charge on any atom is -0.342 e. The normalized spacial score (nSPS) is 19.6. The fraction of sp³-hybridized carbons (Fsp3) is 0.700. The predicted octanol–water partition coefficient (Wildman–Crippen LogP) is 7.00. The lowest BCUT2D eigenvalue weighted by molar-refractivity contribution is -0.142. The summed E-state index contributed by atoms with van der Waals surface area (Å²) < 4.78 is 0. The molecule has 2 aliphatic carbocycles. The molecule has 0 saturated carbocycles. The van der Waals surface area contributed by atoms with Crippen LogP contribution >= 0.6 is 0 Å². The van der Waals surface area contributed by atoms with Gasteiger partial charge in [0.25, 0.3) is 0 Å². The summed E-state index contributed by atoms with van der Waals surface area (Å²) >= 11 is 0. The van der Waals surface area contributed by atoms with Crippen LogP contribution in [-0.2, 0) is 54.5 Å². The van der Waals surface area contributed by atoms with Crippen LogP contribution in [0.15, 0.2) is 48.5 Å². The van der Waals surface area contributed by atoms with Gasteiger partial charge in [-0.1, -0.05) is 116 Å². The Hall–Kier alpha value is -4.82. The maximum Gasteiger partial charge on any atom is 0.246 e. The summed E-state index contributed by atoms with van der Waals surface area (Å²) in [5.74, 6) is 0.200. The predicted molar refractivity (Wildman–Crippen MR) is 294 cm³/mol. The van der Waals surface area contributed by atoms with Crippen LogP contribution in [0.1, 0.15) is 161 Å². The summed E-state index contributed by atoms with van der Waals surface area (Å²) in [6.07, 6.45) is 14.3. The number of likely N-dealkylation sites (tertiary alicyclic amines) is 2. The van der Waals surface area contributed by atoms with E-state index in [1.54, 1.807) is 27.9 Å². The van der Waals surface area contributed by atoms with E-state index < -0.39 is 35.0 Å². The van der Waals surface area contributed by atoms with E-state index in [4.69, 9.17) is 0 Å². The molecule has 2 aliphatic heterocycles. The maximum atomic E-state index is 14.4. The van der Waals surface area contributed by atoms with Crippen molar-refractivity contribution in [1.29, 1.82) is 0 Å². The third kappa shape index (κ3) is 15.6. The molecule has 2 heterocycles. The van der Waals surface area contributed by atoms with Gasteiger partial charge in [-0.25, -0.2) is 0 Å². The number of fused-ring (bicyclic) bond motifs is 2. The summed E-state index contributed by atoms with van der Waals surface area (Å²) in [6, 6.07) is 14.7. The van der Waals surface area contributed by atoms with Gasteiger partial charge in [-0.05, 0) is 138 Å². The standard InChI is InChI=1S/C60H94N8O6/c1-41(61-9)55(71)63-53(59(3,4)5)57(73)66-32-21-27-48(66)39-65(34-31-43-35-44-23-17-18-24-45(44)36-43)51(69)29-15-13-11-12-14-16-30-52(70)68(50-37-46-25-19-20-26-47(46)38-50)40-49-28-22-33-67(49)58(74)54(60(6,7)8)64-56(72)42(2)62-10/h17-20,23-26,41-43,48-50,53-54,61-62H,11-16,21-22,27-40H2,1-10H3,(H,63,71)(H,64,72)/t41-,42-,48-,49-,53+,54+/m0/s1. The van der Waals surface area contributed by atoms with E-state index in [0.29, 0.717) is 51.5 Å². The lowest BCUT2D eigenvalue weighted by Crippen LogP contribution is -2.59. The molecule has 6 amide bonds. The molecule has 74 heavy (non-hydrogen) atoms. The minimum absolute atomic E-state index is 0.0381. The second-order valence-electron chi connectivity index (χ2n) is 24.5. The number of rotatable bonds is 25. The molecule has 14 heteroatoms. The Morgan fingerprint density at radius 1 is 0.581 bits per heavy atom. The molecule has 2 aromatic rings. The van der Waals surface area contributed by atoms with Crippen molar-refractivity contribution in [3.8, 4) is 0 Å². The summed E-state index contributed by atoms with van der Waals surface area (Å²) in [4.78, 5) is 91.4. The number of hydrogen-bond donors (Lipinski definition) is 4. The number of carbonyl (C=O) groups excluding carboxylic acids is 6. The molecule has 0 unspecified atom stereocenters. The average molecular weight is 1020 g/mol. The number of likely N-dealkylation sites (N-methyl/N-ethyl adjacent to an activating group) is 2. The van der Waals surface area contributed by atoms with Gasteiger partial charge in [-0.2, -0.15) is 0 Å². The van der Waals surface area contributed by atoms with Gasteiger partial charge in [0.1, 0.15) is 12.1 Å². The van der Waals surface area contributed by atoms with E-state index in [1.165, 1.54) is 22.3 Å². The van der Waals surface area contributed by atoms with E-state index in [0.717, 1.165) is 96.3 Å². The van der Waals surface area contributed by atoms with E-state index >= 15 is 0 Å². The van der Waals surface area contributed by atoms with Crippen LogP contribution in [0.5, 0.6) is 0 Å². The summed E-state index contributed by atoms with van der Waals surface area (Å²) in [5.41, 5.74) is 4.39. The first-order valence-corrected chi connectivity index (χ1v) is 28.5. The van der Waals surface area contributed by atoms with Crippen LogP contribution in [0.4, 0.5) is 0 Å². The Morgan fingerprint density at radius 3 is 1.42 bits per heavy atom. The molecule has 6 rings (SSSR count). The molecule has 0 spiro atoms. The molecule has 4 N–H and O–H groups in total. The SMILES string of the molecule is CN[C@@H](C)C(=O)N[C@H](C(=O)N1CCC[C@H]1CN(CCC1Cc2ccccc2C1)C(=O)CCCCCCCCC(=O)N(C[C@@H]1CCCN1C(=O)[C@@H](NC(=O)[C@H](C)NC)C(C)(C)C)C1Cc2ccccc2C1)C(C)(C)C.